The van der Waals surface area contributed by atoms with Gasteiger partial charge in [0.25, 0.3) is 0 Å². The van der Waals surface area contributed by atoms with Crippen molar-refractivity contribution in [2.24, 2.45) is 5.41 Å². The molecular formula is C11H23NO3. The number of nitrogens with one attached hydrogen (secondary N) is 1. The number of carbonyl (C=O) groups excluding carboxylic acids is 1. The number of hydrogen-bond donors (Lipinski definition) is 2. The van der Waals surface area contributed by atoms with Crippen LogP contribution in [0.4, 0.5) is 0 Å². The van der Waals surface area contributed by atoms with Crippen LogP contribution in [0.5, 0.6) is 0 Å². The molecule has 0 rings (SSSR count). The fourth-order valence-electron chi connectivity index (χ4n) is 1.12. The van der Waals surface area contributed by atoms with Gasteiger partial charge >= 0.3 is 0 Å². The van der Waals surface area contributed by atoms with Crippen LogP contribution in [0.2, 0.25) is 0 Å². The van der Waals surface area contributed by atoms with Crippen LogP contribution in [0.15, 0.2) is 0 Å². The van der Waals surface area contributed by atoms with E-state index in [4.69, 9.17) is 9.84 Å². The molecular weight excluding hydrogens is 194 g/mol. The number of amides is 1. The summed E-state index contributed by atoms with van der Waals surface area (Å²) in [5.41, 5.74) is -0.0509. The van der Waals surface area contributed by atoms with Gasteiger partial charge in [0.05, 0.1) is 0 Å². The quantitative estimate of drug-likeness (QED) is 0.595. The Labute approximate surface area is 92.0 Å². The van der Waals surface area contributed by atoms with Gasteiger partial charge in [0.15, 0.2) is 0 Å². The van der Waals surface area contributed by atoms with Crippen LogP contribution in [-0.2, 0) is 9.53 Å². The first kappa shape index (κ1) is 14.4. The third kappa shape index (κ3) is 8.39. The third-order valence-corrected chi connectivity index (χ3v) is 2.22. The first-order valence-electron chi connectivity index (χ1n) is 5.47. The van der Waals surface area contributed by atoms with Gasteiger partial charge in [-0.3, -0.25) is 4.79 Å². The van der Waals surface area contributed by atoms with Crippen LogP contribution in [0.1, 0.15) is 33.6 Å². The Bertz CT molecular complexity index is 181. The molecule has 0 aliphatic rings. The van der Waals surface area contributed by atoms with E-state index < -0.39 is 0 Å². The van der Waals surface area contributed by atoms with E-state index in [1.54, 1.807) is 0 Å². The number of carbonyl (C=O) groups is 1. The minimum Gasteiger partial charge on any atom is -0.396 e. The average molecular weight is 217 g/mol. The SMILES string of the molecule is CCOCC(=O)NCCCC(C)(C)CO. The molecule has 0 spiro atoms. The Balaban J connectivity index is 3.42. The monoisotopic (exact) mass is 217 g/mol. The molecule has 0 heterocycles. The lowest BCUT2D eigenvalue weighted by Gasteiger charge is -2.21. The van der Waals surface area contributed by atoms with E-state index >= 15 is 0 Å². The lowest BCUT2D eigenvalue weighted by atomic mass is 9.89. The number of aliphatic hydroxyl groups is 1. The van der Waals surface area contributed by atoms with E-state index in [-0.39, 0.29) is 24.5 Å². The van der Waals surface area contributed by atoms with Gasteiger partial charge in [-0.2, -0.15) is 0 Å². The summed E-state index contributed by atoms with van der Waals surface area (Å²) in [7, 11) is 0. The zero-order valence-corrected chi connectivity index (χ0v) is 10.0. The van der Waals surface area contributed by atoms with Crippen molar-refractivity contribution in [3.05, 3.63) is 0 Å². The maximum absolute atomic E-state index is 11.1. The van der Waals surface area contributed by atoms with Crippen molar-refractivity contribution in [2.45, 2.75) is 33.6 Å². The molecule has 0 bridgehead atoms. The van der Waals surface area contributed by atoms with Gasteiger partial charge in [0, 0.05) is 19.8 Å². The average Bonchev–Trinajstić information content (AvgIpc) is 2.21. The summed E-state index contributed by atoms with van der Waals surface area (Å²) in [4.78, 5) is 11.1. The van der Waals surface area contributed by atoms with Crippen molar-refractivity contribution in [1.82, 2.24) is 5.32 Å². The van der Waals surface area contributed by atoms with Crippen LogP contribution in [0.25, 0.3) is 0 Å². The summed E-state index contributed by atoms with van der Waals surface area (Å²) in [5, 5.41) is 11.8. The summed E-state index contributed by atoms with van der Waals surface area (Å²) < 4.78 is 4.96. The summed E-state index contributed by atoms with van der Waals surface area (Å²) in [6, 6.07) is 0. The maximum Gasteiger partial charge on any atom is 0.245 e. The minimum absolute atomic E-state index is 0.0509. The van der Waals surface area contributed by atoms with Gasteiger partial charge in [0.2, 0.25) is 5.91 Å². The Morgan fingerprint density at radius 3 is 2.67 bits per heavy atom. The van der Waals surface area contributed by atoms with Crippen molar-refractivity contribution in [1.29, 1.82) is 0 Å². The summed E-state index contributed by atoms with van der Waals surface area (Å²) in [6.45, 7) is 7.40. The van der Waals surface area contributed by atoms with E-state index in [0.717, 1.165) is 12.8 Å². The number of ether oxygens (including phenoxy) is 1. The molecule has 4 heteroatoms. The van der Waals surface area contributed by atoms with Crippen molar-refractivity contribution in [3.63, 3.8) is 0 Å². The Kier molecular flexibility index (Phi) is 7.34. The summed E-state index contributed by atoms with van der Waals surface area (Å²) in [5.74, 6) is -0.0707. The van der Waals surface area contributed by atoms with E-state index in [1.165, 1.54) is 0 Å². The normalized spacial score (nSPS) is 11.5. The first-order valence-corrected chi connectivity index (χ1v) is 5.47. The highest BCUT2D eigenvalue weighted by molar-refractivity contribution is 5.77. The number of rotatable bonds is 8. The molecule has 0 aromatic heterocycles. The molecule has 15 heavy (non-hydrogen) atoms. The third-order valence-electron chi connectivity index (χ3n) is 2.22. The van der Waals surface area contributed by atoms with Crippen LogP contribution < -0.4 is 5.32 Å². The van der Waals surface area contributed by atoms with Gasteiger partial charge in [0.1, 0.15) is 6.61 Å². The lowest BCUT2D eigenvalue weighted by molar-refractivity contribution is -0.125. The van der Waals surface area contributed by atoms with Gasteiger partial charge in [-0.15, -0.1) is 0 Å². The predicted molar refractivity (Wildman–Crippen MR) is 59.6 cm³/mol. The van der Waals surface area contributed by atoms with Crippen LogP contribution in [0.3, 0.4) is 0 Å². The molecule has 0 saturated carbocycles. The second-order valence-corrected chi connectivity index (χ2v) is 4.41. The largest absolute Gasteiger partial charge is 0.396 e. The highest BCUT2D eigenvalue weighted by atomic mass is 16.5. The standard InChI is InChI=1S/C11H23NO3/c1-4-15-8-10(14)12-7-5-6-11(2,3)9-13/h13H,4-9H2,1-3H3,(H,12,14). The van der Waals surface area contributed by atoms with Crippen molar-refractivity contribution < 1.29 is 14.6 Å². The van der Waals surface area contributed by atoms with Crippen molar-refractivity contribution in [3.8, 4) is 0 Å². The Morgan fingerprint density at radius 1 is 1.47 bits per heavy atom. The number of aliphatic hydroxyl groups excluding tert-OH is 1. The van der Waals surface area contributed by atoms with Gasteiger partial charge < -0.3 is 15.2 Å². The summed E-state index contributed by atoms with van der Waals surface area (Å²) in [6.07, 6.45) is 1.78. The van der Waals surface area contributed by atoms with Crippen molar-refractivity contribution in [2.75, 3.05) is 26.4 Å². The molecule has 0 unspecified atom stereocenters. The van der Waals surface area contributed by atoms with E-state index in [2.05, 4.69) is 5.32 Å². The van der Waals surface area contributed by atoms with Gasteiger partial charge in [-0.1, -0.05) is 13.8 Å². The molecule has 0 fully saturated rings. The number of hydrogen-bond acceptors (Lipinski definition) is 3. The molecule has 0 aromatic carbocycles. The predicted octanol–water partition coefficient (Wildman–Crippen LogP) is 0.938. The molecule has 90 valence electrons. The first-order chi connectivity index (χ1) is 7.02. The van der Waals surface area contributed by atoms with Gasteiger partial charge in [-0.25, -0.2) is 0 Å². The molecule has 0 aromatic rings. The minimum atomic E-state index is -0.0707. The topological polar surface area (TPSA) is 58.6 Å². The van der Waals surface area contributed by atoms with Crippen LogP contribution in [-0.4, -0.2) is 37.4 Å². The zero-order valence-electron chi connectivity index (χ0n) is 10.0. The molecule has 2 N–H and O–H groups in total. The molecule has 0 saturated heterocycles. The molecule has 0 radical (unpaired) electrons. The smallest absolute Gasteiger partial charge is 0.245 e. The van der Waals surface area contributed by atoms with Crippen molar-refractivity contribution >= 4 is 5.91 Å². The molecule has 0 atom stereocenters. The van der Waals surface area contributed by atoms with Crippen LogP contribution >= 0.6 is 0 Å². The van der Waals surface area contributed by atoms with E-state index in [0.29, 0.717) is 13.2 Å². The molecule has 4 nitrogen and oxygen atoms in total. The molecule has 1 amide bonds. The fraction of sp³-hybridized carbons (Fsp3) is 0.909. The van der Waals surface area contributed by atoms with E-state index in [1.807, 2.05) is 20.8 Å². The second kappa shape index (κ2) is 7.65. The Morgan fingerprint density at radius 2 is 2.13 bits per heavy atom. The maximum atomic E-state index is 11.1. The highest BCUT2D eigenvalue weighted by Gasteiger charge is 2.15. The highest BCUT2D eigenvalue weighted by Crippen LogP contribution is 2.20. The summed E-state index contributed by atoms with van der Waals surface area (Å²) >= 11 is 0. The lowest BCUT2D eigenvalue weighted by Crippen LogP contribution is -2.29. The second-order valence-electron chi connectivity index (χ2n) is 4.41. The molecule has 0 aliphatic heterocycles. The van der Waals surface area contributed by atoms with E-state index in [9.17, 15) is 4.79 Å². The van der Waals surface area contributed by atoms with Gasteiger partial charge in [-0.05, 0) is 25.2 Å². The Hall–Kier alpha value is -0.610. The zero-order chi connectivity index (χ0) is 11.7. The molecule has 0 aliphatic carbocycles. The van der Waals surface area contributed by atoms with Crippen LogP contribution in [0, 0.1) is 5.41 Å². The fourth-order valence-corrected chi connectivity index (χ4v) is 1.12.